The topological polar surface area (TPSA) is 50.2 Å². The molecule has 154 valence electrons. The number of amides is 1. The van der Waals surface area contributed by atoms with Crippen LogP contribution in [0.3, 0.4) is 0 Å². The van der Waals surface area contributed by atoms with Gasteiger partial charge in [-0.2, -0.15) is 5.10 Å². The van der Waals surface area contributed by atoms with Gasteiger partial charge in [0, 0.05) is 36.9 Å². The number of carbonyl (C=O) groups excluding carboxylic acids is 1. The molecule has 1 atom stereocenters. The Morgan fingerprint density at radius 3 is 2.72 bits per heavy atom. The van der Waals surface area contributed by atoms with Gasteiger partial charge in [-0.25, -0.2) is 4.39 Å². The standard InChI is InChI=1S/C23H29FN4O/c1-2-12-28-21-11-10-19(25-16-17-6-8-18(24)9-7-17)15-20(21)22(26-28)23(29)27-13-4-3-5-14-27/h2,6-9,19,25H,1,3-5,10-16H2/t19-/m1/s1. The van der Waals surface area contributed by atoms with Crippen molar-refractivity contribution >= 4 is 5.91 Å². The van der Waals surface area contributed by atoms with Gasteiger partial charge in [-0.3, -0.25) is 9.48 Å². The molecule has 1 aliphatic heterocycles. The molecular formula is C23H29FN4O. The second kappa shape index (κ2) is 8.91. The fourth-order valence-corrected chi connectivity index (χ4v) is 4.42. The van der Waals surface area contributed by atoms with Crippen LogP contribution in [0.15, 0.2) is 36.9 Å². The minimum absolute atomic E-state index is 0.0722. The van der Waals surface area contributed by atoms with E-state index in [9.17, 15) is 9.18 Å². The van der Waals surface area contributed by atoms with Crippen LogP contribution in [-0.2, 0) is 25.9 Å². The Labute approximate surface area is 171 Å². The van der Waals surface area contributed by atoms with E-state index in [1.165, 1.54) is 24.2 Å². The fourth-order valence-electron chi connectivity index (χ4n) is 4.42. The number of nitrogens with one attached hydrogen (secondary N) is 1. The zero-order valence-corrected chi connectivity index (χ0v) is 16.9. The minimum Gasteiger partial charge on any atom is -0.337 e. The summed E-state index contributed by atoms with van der Waals surface area (Å²) in [5.74, 6) is -0.144. The van der Waals surface area contributed by atoms with E-state index in [0.29, 0.717) is 18.8 Å². The number of benzene rings is 1. The monoisotopic (exact) mass is 396 g/mol. The van der Waals surface area contributed by atoms with Gasteiger partial charge < -0.3 is 10.2 Å². The molecule has 0 spiro atoms. The lowest BCUT2D eigenvalue weighted by atomic mass is 9.90. The molecule has 0 bridgehead atoms. The molecule has 2 heterocycles. The lowest BCUT2D eigenvalue weighted by Gasteiger charge is -2.28. The number of allylic oxidation sites excluding steroid dienone is 1. The zero-order chi connectivity index (χ0) is 20.2. The molecule has 0 saturated carbocycles. The van der Waals surface area contributed by atoms with Crippen LogP contribution < -0.4 is 5.32 Å². The van der Waals surface area contributed by atoms with Gasteiger partial charge in [0.1, 0.15) is 5.82 Å². The van der Waals surface area contributed by atoms with Crippen LogP contribution in [0.4, 0.5) is 4.39 Å². The Morgan fingerprint density at radius 1 is 1.24 bits per heavy atom. The van der Waals surface area contributed by atoms with E-state index in [4.69, 9.17) is 5.10 Å². The number of halogens is 1. The van der Waals surface area contributed by atoms with Gasteiger partial charge >= 0.3 is 0 Å². The predicted molar refractivity (Wildman–Crippen MR) is 111 cm³/mol. The first kappa shape index (κ1) is 19.8. The first-order valence-electron chi connectivity index (χ1n) is 10.6. The molecule has 0 radical (unpaired) electrons. The van der Waals surface area contributed by atoms with Crippen molar-refractivity contribution in [2.24, 2.45) is 0 Å². The smallest absolute Gasteiger partial charge is 0.274 e. The van der Waals surface area contributed by atoms with Crippen molar-refractivity contribution in [2.75, 3.05) is 13.1 Å². The molecule has 1 N–H and O–H groups in total. The first-order valence-corrected chi connectivity index (χ1v) is 10.6. The number of fused-ring (bicyclic) bond motifs is 1. The molecule has 4 rings (SSSR count). The molecule has 29 heavy (non-hydrogen) atoms. The highest BCUT2D eigenvalue weighted by Gasteiger charge is 2.31. The quantitative estimate of drug-likeness (QED) is 0.761. The average molecular weight is 397 g/mol. The highest BCUT2D eigenvalue weighted by Crippen LogP contribution is 2.27. The molecule has 1 amide bonds. The van der Waals surface area contributed by atoms with Gasteiger partial charge in [-0.05, 0) is 56.2 Å². The highest BCUT2D eigenvalue weighted by atomic mass is 19.1. The minimum atomic E-state index is -0.216. The molecule has 6 heteroatoms. The molecule has 2 aliphatic rings. The van der Waals surface area contributed by atoms with Crippen LogP contribution >= 0.6 is 0 Å². The van der Waals surface area contributed by atoms with Gasteiger partial charge in [0.2, 0.25) is 0 Å². The highest BCUT2D eigenvalue weighted by molar-refractivity contribution is 5.94. The van der Waals surface area contributed by atoms with Crippen molar-refractivity contribution in [3.8, 4) is 0 Å². The Kier molecular flexibility index (Phi) is 6.09. The fraction of sp³-hybridized carbons (Fsp3) is 0.478. The van der Waals surface area contributed by atoms with Gasteiger partial charge in [0.05, 0.1) is 6.54 Å². The zero-order valence-electron chi connectivity index (χ0n) is 16.9. The molecule has 0 unspecified atom stereocenters. The Morgan fingerprint density at radius 2 is 2.00 bits per heavy atom. The molecule has 1 aromatic carbocycles. The van der Waals surface area contributed by atoms with Gasteiger partial charge in [0.25, 0.3) is 5.91 Å². The van der Waals surface area contributed by atoms with Crippen LogP contribution in [0, 0.1) is 5.82 Å². The van der Waals surface area contributed by atoms with Crippen molar-refractivity contribution in [3.63, 3.8) is 0 Å². The summed E-state index contributed by atoms with van der Waals surface area (Å²) in [6.07, 6.45) is 7.86. The molecule has 1 saturated heterocycles. The van der Waals surface area contributed by atoms with E-state index < -0.39 is 0 Å². The van der Waals surface area contributed by atoms with Gasteiger partial charge in [-0.1, -0.05) is 18.2 Å². The number of carbonyl (C=O) groups is 1. The Bertz CT molecular complexity index is 868. The van der Waals surface area contributed by atoms with E-state index >= 15 is 0 Å². The van der Waals surface area contributed by atoms with Crippen molar-refractivity contribution in [1.29, 1.82) is 0 Å². The van der Waals surface area contributed by atoms with E-state index in [-0.39, 0.29) is 17.8 Å². The third-order valence-corrected chi connectivity index (χ3v) is 6.00. The maximum atomic E-state index is 13.2. The third-order valence-electron chi connectivity index (χ3n) is 6.00. The lowest BCUT2D eigenvalue weighted by Crippen LogP contribution is -2.38. The number of likely N-dealkylation sites (tertiary alicyclic amines) is 1. The number of piperidine rings is 1. The molecule has 5 nitrogen and oxygen atoms in total. The molecular weight excluding hydrogens is 367 g/mol. The maximum absolute atomic E-state index is 13.2. The summed E-state index contributed by atoms with van der Waals surface area (Å²) >= 11 is 0. The Hall–Kier alpha value is -2.47. The summed E-state index contributed by atoms with van der Waals surface area (Å²) in [5.41, 5.74) is 3.94. The van der Waals surface area contributed by atoms with Crippen LogP contribution in [0.25, 0.3) is 0 Å². The first-order chi connectivity index (χ1) is 14.2. The summed E-state index contributed by atoms with van der Waals surface area (Å²) in [6, 6.07) is 6.88. The van der Waals surface area contributed by atoms with E-state index in [1.807, 2.05) is 27.8 Å². The average Bonchev–Trinajstić information content (AvgIpc) is 3.11. The summed E-state index contributed by atoms with van der Waals surface area (Å²) in [7, 11) is 0. The molecule has 2 aromatic rings. The number of nitrogens with zero attached hydrogens (tertiary/aromatic N) is 3. The van der Waals surface area contributed by atoms with Crippen molar-refractivity contribution in [1.82, 2.24) is 20.0 Å². The largest absolute Gasteiger partial charge is 0.337 e. The number of aromatic nitrogens is 2. The SMILES string of the molecule is C=CCn1nc(C(=O)N2CCCCC2)c2c1CC[C@@H](NCc1ccc(F)cc1)C2. The number of rotatable bonds is 6. The predicted octanol–water partition coefficient (Wildman–Crippen LogP) is 3.48. The number of hydrogen-bond acceptors (Lipinski definition) is 3. The Balaban J connectivity index is 1.51. The third kappa shape index (κ3) is 4.42. The normalized spacial score (nSPS) is 19.1. The van der Waals surface area contributed by atoms with Crippen molar-refractivity contribution in [2.45, 2.75) is 57.7 Å². The van der Waals surface area contributed by atoms with Crippen LogP contribution in [-0.4, -0.2) is 39.7 Å². The second-order valence-electron chi connectivity index (χ2n) is 8.04. The lowest BCUT2D eigenvalue weighted by molar-refractivity contribution is 0.0716. The van der Waals surface area contributed by atoms with Crippen LogP contribution in [0.2, 0.25) is 0 Å². The van der Waals surface area contributed by atoms with Crippen LogP contribution in [0.5, 0.6) is 0 Å². The van der Waals surface area contributed by atoms with Gasteiger partial charge in [-0.15, -0.1) is 6.58 Å². The second-order valence-corrected chi connectivity index (χ2v) is 8.04. The van der Waals surface area contributed by atoms with Crippen molar-refractivity contribution in [3.05, 3.63) is 65.3 Å². The molecule has 1 aromatic heterocycles. The maximum Gasteiger partial charge on any atom is 0.274 e. The summed E-state index contributed by atoms with van der Waals surface area (Å²) < 4.78 is 15.1. The summed E-state index contributed by atoms with van der Waals surface area (Å²) in [5, 5.41) is 8.28. The van der Waals surface area contributed by atoms with Crippen LogP contribution in [0.1, 0.15) is 53.0 Å². The summed E-state index contributed by atoms with van der Waals surface area (Å²) in [4.78, 5) is 15.1. The van der Waals surface area contributed by atoms with Gasteiger partial charge in [0.15, 0.2) is 5.69 Å². The molecule has 1 aliphatic carbocycles. The van der Waals surface area contributed by atoms with E-state index in [0.717, 1.165) is 56.3 Å². The summed E-state index contributed by atoms with van der Waals surface area (Å²) in [6.45, 7) is 6.81. The number of hydrogen-bond donors (Lipinski definition) is 1. The van der Waals surface area contributed by atoms with Crippen molar-refractivity contribution < 1.29 is 9.18 Å². The van der Waals surface area contributed by atoms with E-state index in [1.54, 1.807) is 0 Å². The molecule has 1 fully saturated rings. The van der Waals surface area contributed by atoms with E-state index in [2.05, 4.69) is 11.9 Å².